The van der Waals surface area contributed by atoms with Crippen molar-refractivity contribution >= 4 is 35.4 Å². The number of nitrogens with one attached hydrogen (secondary N) is 1. The average molecular weight is 256 g/mol. The molecular formula is C10H12N2O4S. The second kappa shape index (κ2) is 5.44. The summed E-state index contributed by atoms with van der Waals surface area (Å²) in [7, 11) is 4.43. The lowest BCUT2D eigenvalue weighted by Gasteiger charge is -2.03. The van der Waals surface area contributed by atoms with Crippen molar-refractivity contribution in [2.45, 2.75) is 0 Å². The van der Waals surface area contributed by atoms with E-state index in [1.165, 1.54) is 18.1 Å². The van der Waals surface area contributed by atoms with Gasteiger partial charge < -0.3 is 14.6 Å². The van der Waals surface area contributed by atoms with Crippen molar-refractivity contribution in [3.63, 3.8) is 0 Å². The van der Waals surface area contributed by atoms with E-state index in [1.807, 2.05) is 0 Å². The molecule has 1 aromatic rings. The summed E-state index contributed by atoms with van der Waals surface area (Å²) in [6, 6.07) is 0. The van der Waals surface area contributed by atoms with Gasteiger partial charge in [0.1, 0.15) is 9.20 Å². The standard InChI is InChI=1S/C10H12N2O4S/c1-12(2)8(13)5-7-11-10(15)6(17-7)4-9(14)16-3/h4-5H,1-3H3,(H,11,15)/b6-4-,7-5-. The van der Waals surface area contributed by atoms with Gasteiger partial charge in [-0.1, -0.05) is 0 Å². The lowest BCUT2D eigenvalue weighted by atomic mass is 10.5. The molecule has 0 spiro atoms. The molecule has 0 aliphatic heterocycles. The maximum Gasteiger partial charge on any atom is 0.332 e. The van der Waals surface area contributed by atoms with Gasteiger partial charge in [0.25, 0.3) is 5.56 Å². The molecule has 1 amide bonds. The Morgan fingerprint density at radius 3 is 2.53 bits per heavy atom. The first-order chi connectivity index (χ1) is 7.93. The summed E-state index contributed by atoms with van der Waals surface area (Å²) in [5, 5.41) is 0. The molecule has 6 nitrogen and oxygen atoms in total. The molecule has 0 saturated heterocycles. The average Bonchev–Trinajstić information content (AvgIpc) is 2.58. The van der Waals surface area contributed by atoms with Crippen LogP contribution in [0.5, 0.6) is 0 Å². The number of ether oxygens (including phenoxy) is 1. The van der Waals surface area contributed by atoms with E-state index in [0.29, 0.717) is 4.66 Å². The molecule has 1 aromatic heterocycles. The summed E-state index contributed by atoms with van der Waals surface area (Å²) in [5.74, 6) is -0.852. The third-order valence-corrected chi connectivity index (χ3v) is 2.79. The molecule has 0 aliphatic carbocycles. The van der Waals surface area contributed by atoms with Crippen molar-refractivity contribution in [2.75, 3.05) is 21.2 Å². The van der Waals surface area contributed by atoms with E-state index >= 15 is 0 Å². The summed E-state index contributed by atoms with van der Waals surface area (Å²) in [5.41, 5.74) is -0.418. The lowest BCUT2D eigenvalue weighted by Crippen LogP contribution is -2.23. The second-order valence-corrected chi connectivity index (χ2v) is 4.41. The van der Waals surface area contributed by atoms with E-state index in [2.05, 4.69) is 9.72 Å². The Hall–Kier alpha value is -1.89. The van der Waals surface area contributed by atoms with Gasteiger partial charge in [-0.25, -0.2) is 4.79 Å². The molecular weight excluding hydrogens is 244 g/mol. The maximum atomic E-state index is 11.4. The quantitative estimate of drug-likeness (QED) is 0.637. The van der Waals surface area contributed by atoms with Crippen molar-refractivity contribution in [1.29, 1.82) is 0 Å². The molecule has 17 heavy (non-hydrogen) atoms. The lowest BCUT2D eigenvalue weighted by molar-refractivity contribution is -0.133. The summed E-state index contributed by atoms with van der Waals surface area (Å²) in [6.45, 7) is 0. The van der Waals surface area contributed by atoms with Crippen molar-refractivity contribution < 1.29 is 14.3 Å². The minimum absolute atomic E-state index is 0.203. The zero-order valence-electron chi connectivity index (χ0n) is 9.64. The van der Waals surface area contributed by atoms with E-state index in [-0.39, 0.29) is 10.4 Å². The van der Waals surface area contributed by atoms with Crippen molar-refractivity contribution in [3.8, 4) is 0 Å². The Balaban J connectivity index is 3.22. The predicted molar refractivity (Wildman–Crippen MR) is 63.8 cm³/mol. The van der Waals surface area contributed by atoms with Gasteiger partial charge in [-0.05, 0) is 0 Å². The normalized spacial score (nSPS) is 12.6. The highest BCUT2D eigenvalue weighted by Gasteiger charge is 2.02. The molecule has 1 rings (SSSR count). The number of nitrogens with zero attached hydrogens (tertiary/aromatic N) is 1. The molecule has 1 N–H and O–H groups in total. The van der Waals surface area contributed by atoms with Gasteiger partial charge in [0.15, 0.2) is 0 Å². The number of hydrogen-bond acceptors (Lipinski definition) is 5. The van der Waals surface area contributed by atoms with Crippen LogP contribution in [0.1, 0.15) is 0 Å². The Labute approximate surface area is 101 Å². The Morgan fingerprint density at radius 1 is 1.35 bits per heavy atom. The number of aromatic nitrogens is 1. The predicted octanol–water partition coefficient (Wildman–Crippen LogP) is -1.74. The number of aromatic amines is 1. The highest BCUT2D eigenvalue weighted by molar-refractivity contribution is 7.07. The molecule has 0 fully saturated rings. The van der Waals surface area contributed by atoms with Crippen LogP contribution in [0.2, 0.25) is 0 Å². The van der Waals surface area contributed by atoms with E-state index in [9.17, 15) is 14.4 Å². The number of amides is 1. The Kier molecular flexibility index (Phi) is 4.22. The molecule has 92 valence electrons. The van der Waals surface area contributed by atoms with Crippen LogP contribution < -0.4 is 14.8 Å². The van der Waals surface area contributed by atoms with Gasteiger partial charge in [0.2, 0.25) is 5.91 Å². The van der Waals surface area contributed by atoms with Gasteiger partial charge in [-0.3, -0.25) is 9.59 Å². The van der Waals surface area contributed by atoms with Gasteiger partial charge in [-0.15, -0.1) is 11.3 Å². The van der Waals surface area contributed by atoms with Crippen LogP contribution in [0, 0.1) is 0 Å². The number of H-pyrrole nitrogens is 1. The topological polar surface area (TPSA) is 79.5 Å². The zero-order chi connectivity index (χ0) is 13.0. The smallest absolute Gasteiger partial charge is 0.332 e. The fourth-order valence-electron chi connectivity index (χ4n) is 0.932. The Morgan fingerprint density at radius 2 is 2.00 bits per heavy atom. The number of carbonyl (C=O) groups is 2. The van der Waals surface area contributed by atoms with Gasteiger partial charge in [0, 0.05) is 26.2 Å². The molecule has 0 radical (unpaired) electrons. The number of hydrogen-bond donors (Lipinski definition) is 1. The van der Waals surface area contributed by atoms with E-state index in [4.69, 9.17) is 0 Å². The molecule has 0 aliphatic rings. The van der Waals surface area contributed by atoms with Crippen LogP contribution >= 0.6 is 11.3 Å². The molecule has 0 bridgehead atoms. The molecule has 7 heteroatoms. The van der Waals surface area contributed by atoms with Gasteiger partial charge in [0.05, 0.1) is 7.11 Å². The molecule has 0 atom stereocenters. The fraction of sp³-hybridized carbons (Fsp3) is 0.300. The first-order valence-corrected chi connectivity index (χ1v) is 5.47. The van der Waals surface area contributed by atoms with E-state index in [1.54, 1.807) is 14.1 Å². The van der Waals surface area contributed by atoms with Crippen LogP contribution in [-0.2, 0) is 14.3 Å². The Bertz CT molecular complexity index is 597. The SMILES string of the molecule is COC(=O)/C=c1\s/c(=C\C(=O)N(C)C)[nH]c1=O. The number of thiazole rings is 1. The van der Waals surface area contributed by atoms with Gasteiger partial charge in [-0.2, -0.15) is 0 Å². The van der Waals surface area contributed by atoms with E-state index < -0.39 is 11.5 Å². The number of rotatable bonds is 2. The van der Waals surface area contributed by atoms with E-state index in [0.717, 1.165) is 17.4 Å². The number of carbonyl (C=O) groups excluding carboxylic acids is 2. The van der Waals surface area contributed by atoms with Gasteiger partial charge >= 0.3 is 5.97 Å². The van der Waals surface area contributed by atoms with Crippen molar-refractivity contribution in [3.05, 3.63) is 19.5 Å². The molecule has 1 heterocycles. The van der Waals surface area contributed by atoms with Crippen LogP contribution in [0.4, 0.5) is 0 Å². The fourth-order valence-corrected chi connectivity index (χ4v) is 1.77. The van der Waals surface area contributed by atoms with Crippen LogP contribution in [-0.4, -0.2) is 43.0 Å². The summed E-state index contributed by atoms with van der Waals surface area (Å²) in [6.07, 6.45) is 2.38. The second-order valence-electron chi connectivity index (χ2n) is 3.33. The first kappa shape index (κ1) is 13.2. The summed E-state index contributed by atoms with van der Waals surface area (Å²) >= 11 is 1.02. The third-order valence-electron chi connectivity index (χ3n) is 1.83. The highest BCUT2D eigenvalue weighted by atomic mass is 32.1. The molecule has 0 saturated carbocycles. The first-order valence-electron chi connectivity index (χ1n) is 4.66. The number of methoxy groups -OCH3 is 1. The summed E-state index contributed by atoms with van der Waals surface area (Å²) < 4.78 is 5.01. The highest BCUT2D eigenvalue weighted by Crippen LogP contribution is 1.81. The van der Waals surface area contributed by atoms with Crippen molar-refractivity contribution in [2.24, 2.45) is 0 Å². The third kappa shape index (κ3) is 3.56. The zero-order valence-corrected chi connectivity index (χ0v) is 10.5. The summed E-state index contributed by atoms with van der Waals surface area (Å²) in [4.78, 5) is 37.6. The minimum Gasteiger partial charge on any atom is -0.466 e. The molecule has 0 unspecified atom stereocenters. The molecule has 0 aromatic carbocycles. The number of esters is 1. The van der Waals surface area contributed by atoms with Crippen LogP contribution in [0.25, 0.3) is 12.2 Å². The largest absolute Gasteiger partial charge is 0.466 e. The maximum absolute atomic E-state index is 11.4. The van der Waals surface area contributed by atoms with Crippen molar-refractivity contribution in [1.82, 2.24) is 9.88 Å². The minimum atomic E-state index is -0.608. The monoisotopic (exact) mass is 256 g/mol. The van der Waals surface area contributed by atoms with Crippen LogP contribution in [0.3, 0.4) is 0 Å². The van der Waals surface area contributed by atoms with Crippen LogP contribution in [0.15, 0.2) is 4.79 Å².